The number of nitrogens with two attached hydrogens (primary N) is 1. The van der Waals surface area contributed by atoms with Gasteiger partial charge in [-0.3, -0.25) is 0 Å². The smallest absolute Gasteiger partial charge is 0.191 e. The van der Waals surface area contributed by atoms with Gasteiger partial charge >= 0.3 is 0 Å². The van der Waals surface area contributed by atoms with Gasteiger partial charge in [0.1, 0.15) is 0 Å². The van der Waals surface area contributed by atoms with Gasteiger partial charge in [-0.15, -0.1) is 11.8 Å². The molecule has 0 bridgehead atoms. The lowest BCUT2D eigenvalue weighted by Gasteiger charge is -2.27. The fourth-order valence-corrected chi connectivity index (χ4v) is 3.06. The summed E-state index contributed by atoms with van der Waals surface area (Å²) in [6, 6.07) is 4.05. The molecule has 0 saturated carbocycles. The molecule has 2 N–H and O–H groups in total. The maximum atomic E-state index is 6.01. The van der Waals surface area contributed by atoms with Gasteiger partial charge in [0.2, 0.25) is 0 Å². The Balaban J connectivity index is 1.95. The summed E-state index contributed by atoms with van der Waals surface area (Å²) in [5.41, 5.74) is 7.17. The highest BCUT2D eigenvalue weighted by Crippen LogP contribution is 2.13. The van der Waals surface area contributed by atoms with Gasteiger partial charge in [0.25, 0.3) is 0 Å². The molecule has 0 atom stereocenters. The molecule has 2 rings (SSSR count). The average molecular weight is 282 g/mol. The topological polar surface area (TPSA) is 54.5 Å². The van der Waals surface area contributed by atoms with E-state index in [4.69, 9.17) is 5.73 Å². The second kappa shape index (κ2) is 6.89. The van der Waals surface area contributed by atoms with Crippen LogP contribution in [0.15, 0.2) is 28.3 Å². The van der Waals surface area contributed by atoms with E-state index in [9.17, 15) is 0 Å². The minimum Gasteiger partial charge on any atom is -0.370 e. The Hall–Kier alpha value is -0.880. The van der Waals surface area contributed by atoms with Gasteiger partial charge in [0.15, 0.2) is 5.96 Å². The molecule has 4 nitrogen and oxygen atoms in total. The van der Waals surface area contributed by atoms with Gasteiger partial charge in [0, 0.05) is 30.8 Å². The molecule has 6 heteroatoms. The van der Waals surface area contributed by atoms with Crippen molar-refractivity contribution in [2.75, 3.05) is 30.9 Å². The van der Waals surface area contributed by atoms with Crippen LogP contribution in [0.2, 0.25) is 0 Å². The summed E-state index contributed by atoms with van der Waals surface area (Å²) in [4.78, 5) is 10.9. The lowest BCUT2D eigenvalue weighted by Crippen LogP contribution is -2.42. The van der Waals surface area contributed by atoms with Crippen molar-refractivity contribution in [3.05, 3.63) is 23.9 Å². The van der Waals surface area contributed by atoms with Crippen LogP contribution in [0.4, 0.5) is 0 Å². The van der Waals surface area contributed by atoms with Crippen molar-refractivity contribution in [1.82, 2.24) is 9.88 Å². The molecular weight excluding hydrogens is 264 g/mol. The van der Waals surface area contributed by atoms with Crippen LogP contribution >= 0.6 is 23.5 Å². The molecular formula is C12H18N4S2. The van der Waals surface area contributed by atoms with E-state index in [1.807, 2.05) is 30.3 Å². The van der Waals surface area contributed by atoms with Crippen LogP contribution in [-0.2, 0) is 6.54 Å². The molecule has 1 aliphatic rings. The molecule has 1 saturated heterocycles. The average Bonchev–Trinajstić information content (AvgIpc) is 2.46. The van der Waals surface area contributed by atoms with Gasteiger partial charge in [-0.05, 0) is 24.0 Å². The maximum Gasteiger partial charge on any atom is 0.191 e. The molecule has 0 aliphatic carbocycles. The van der Waals surface area contributed by atoms with E-state index in [2.05, 4.69) is 20.9 Å². The first kappa shape index (κ1) is 13.5. The fraction of sp³-hybridized carbons (Fsp3) is 0.500. The van der Waals surface area contributed by atoms with Crippen molar-refractivity contribution in [3.8, 4) is 0 Å². The Morgan fingerprint density at radius 2 is 2.33 bits per heavy atom. The minimum absolute atomic E-state index is 0.631. The Morgan fingerprint density at radius 3 is 3.06 bits per heavy atom. The molecule has 98 valence electrons. The number of aliphatic imine (C=N–C) groups is 1. The maximum absolute atomic E-state index is 6.01. The third kappa shape index (κ3) is 3.81. The highest BCUT2D eigenvalue weighted by Gasteiger charge is 2.11. The van der Waals surface area contributed by atoms with Crippen LogP contribution in [-0.4, -0.2) is 46.7 Å². The van der Waals surface area contributed by atoms with Gasteiger partial charge < -0.3 is 10.6 Å². The number of rotatable bonds is 3. The van der Waals surface area contributed by atoms with Gasteiger partial charge in [-0.25, -0.2) is 9.98 Å². The van der Waals surface area contributed by atoms with Crippen molar-refractivity contribution in [3.63, 3.8) is 0 Å². The summed E-state index contributed by atoms with van der Waals surface area (Å²) in [6.45, 7) is 2.64. The van der Waals surface area contributed by atoms with E-state index >= 15 is 0 Å². The highest BCUT2D eigenvalue weighted by molar-refractivity contribution is 7.99. The predicted molar refractivity (Wildman–Crippen MR) is 80.2 cm³/mol. The van der Waals surface area contributed by atoms with Crippen LogP contribution < -0.4 is 5.73 Å². The zero-order valence-corrected chi connectivity index (χ0v) is 12.1. The molecule has 0 radical (unpaired) electrons. The zero-order chi connectivity index (χ0) is 12.8. The third-order valence-electron chi connectivity index (χ3n) is 2.77. The number of aromatic nitrogens is 1. The summed E-state index contributed by atoms with van der Waals surface area (Å²) in [5, 5.41) is 1.02. The Kier molecular flexibility index (Phi) is 5.19. The molecule has 2 heterocycles. The van der Waals surface area contributed by atoms with E-state index in [0.29, 0.717) is 12.5 Å². The number of nitrogens with zero attached hydrogens (tertiary/aromatic N) is 3. The molecule has 18 heavy (non-hydrogen) atoms. The van der Waals surface area contributed by atoms with Crippen LogP contribution in [0, 0.1) is 0 Å². The molecule has 0 amide bonds. The molecule has 1 aromatic rings. The Labute approximate surface area is 116 Å². The second-order valence-corrected chi connectivity index (χ2v) is 6.03. The number of guanidine groups is 1. The van der Waals surface area contributed by atoms with Crippen molar-refractivity contribution in [1.29, 1.82) is 0 Å². The molecule has 0 unspecified atom stereocenters. The molecule has 1 fully saturated rings. The summed E-state index contributed by atoms with van der Waals surface area (Å²) in [6.07, 6.45) is 3.85. The normalized spacial score (nSPS) is 16.9. The molecule has 1 aliphatic heterocycles. The standard InChI is InChI=1S/C12H18N4S2/c1-17-11-8-10(2-3-14-11)9-15-12(13)16-4-6-18-7-5-16/h2-3,8H,4-7,9H2,1H3,(H2,13,15). The first-order valence-electron chi connectivity index (χ1n) is 5.91. The van der Waals surface area contributed by atoms with E-state index in [1.165, 1.54) is 0 Å². The largest absolute Gasteiger partial charge is 0.370 e. The van der Waals surface area contributed by atoms with Crippen LogP contribution in [0.5, 0.6) is 0 Å². The van der Waals surface area contributed by atoms with E-state index in [1.54, 1.807) is 11.8 Å². The predicted octanol–water partition coefficient (Wildman–Crippen LogP) is 1.67. The van der Waals surface area contributed by atoms with Crippen LogP contribution in [0.1, 0.15) is 5.56 Å². The summed E-state index contributed by atoms with van der Waals surface area (Å²) < 4.78 is 0. The number of hydrogen-bond acceptors (Lipinski definition) is 4. The van der Waals surface area contributed by atoms with Gasteiger partial charge in [0.05, 0.1) is 11.6 Å². The number of thioether (sulfide) groups is 2. The second-order valence-electron chi connectivity index (χ2n) is 3.98. The molecule has 0 spiro atoms. The number of pyridine rings is 1. The van der Waals surface area contributed by atoms with Gasteiger partial charge in [-0.1, -0.05) is 0 Å². The van der Waals surface area contributed by atoms with Crippen molar-refractivity contribution in [2.45, 2.75) is 11.6 Å². The first-order valence-corrected chi connectivity index (χ1v) is 8.29. The minimum atomic E-state index is 0.631. The van der Waals surface area contributed by atoms with E-state index in [0.717, 1.165) is 35.2 Å². The van der Waals surface area contributed by atoms with Crippen molar-refractivity contribution >= 4 is 29.5 Å². The number of hydrogen-bond donors (Lipinski definition) is 1. The van der Waals surface area contributed by atoms with E-state index < -0.39 is 0 Å². The summed E-state index contributed by atoms with van der Waals surface area (Å²) in [7, 11) is 0. The lowest BCUT2D eigenvalue weighted by molar-refractivity contribution is 0.455. The Morgan fingerprint density at radius 1 is 1.56 bits per heavy atom. The zero-order valence-electron chi connectivity index (χ0n) is 10.5. The van der Waals surface area contributed by atoms with Crippen molar-refractivity contribution in [2.24, 2.45) is 10.7 Å². The van der Waals surface area contributed by atoms with Crippen molar-refractivity contribution < 1.29 is 0 Å². The van der Waals surface area contributed by atoms with Crippen LogP contribution in [0.25, 0.3) is 0 Å². The monoisotopic (exact) mass is 282 g/mol. The lowest BCUT2D eigenvalue weighted by atomic mass is 10.3. The summed E-state index contributed by atoms with van der Waals surface area (Å²) in [5.74, 6) is 2.95. The summed E-state index contributed by atoms with van der Waals surface area (Å²) >= 11 is 3.61. The third-order valence-corrected chi connectivity index (χ3v) is 4.35. The molecule has 0 aromatic carbocycles. The van der Waals surface area contributed by atoms with Gasteiger partial charge in [-0.2, -0.15) is 11.8 Å². The quantitative estimate of drug-likeness (QED) is 0.519. The highest BCUT2D eigenvalue weighted by atomic mass is 32.2. The van der Waals surface area contributed by atoms with Crippen LogP contribution in [0.3, 0.4) is 0 Å². The first-order chi connectivity index (χ1) is 8.79. The van der Waals surface area contributed by atoms with E-state index in [-0.39, 0.29) is 0 Å². The molecule has 1 aromatic heterocycles. The SMILES string of the molecule is CSc1cc(CN=C(N)N2CCSCC2)ccn1. The fourth-order valence-electron chi connectivity index (χ4n) is 1.73. The Bertz CT molecular complexity index is 416.